The molecule has 0 aromatic heterocycles. The van der Waals surface area contributed by atoms with E-state index in [0.717, 1.165) is 18.8 Å². The van der Waals surface area contributed by atoms with Gasteiger partial charge in [-0.25, -0.2) is 0 Å². The van der Waals surface area contributed by atoms with Crippen molar-refractivity contribution in [1.29, 1.82) is 0 Å². The first kappa shape index (κ1) is 12.4. The lowest BCUT2D eigenvalue weighted by atomic mass is 10.2. The van der Waals surface area contributed by atoms with Gasteiger partial charge in [0.05, 0.1) is 11.4 Å². The Hall–Kier alpha value is -1.07. The molecular formula is C12H20N4S. The molecule has 0 atom stereocenters. The third-order valence-electron chi connectivity index (χ3n) is 2.95. The van der Waals surface area contributed by atoms with Gasteiger partial charge in [0.1, 0.15) is 0 Å². The second-order valence-electron chi connectivity index (χ2n) is 4.22. The molecule has 1 saturated heterocycles. The third-order valence-corrected chi connectivity index (χ3v) is 3.89. The maximum Gasteiger partial charge on any atom is 0.0568 e. The number of nitrogens with one attached hydrogen (secondary N) is 1. The first-order valence-corrected chi connectivity index (χ1v) is 7.10. The van der Waals surface area contributed by atoms with Crippen LogP contribution in [0.3, 0.4) is 0 Å². The topological polar surface area (TPSA) is 67.3 Å². The molecule has 1 heterocycles. The highest BCUT2D eigenvalue weighted by molar-refractivity contribution is 7.99. The summed E-state index contributed by atoms with van der Waals surface area (Å²) in [6.45, 7) is 4.45. The molecule has 0 bridgehead atoms. The van der Waals surface area contributed by atoms with Crippen LogP contribution in [0.2, 0.25) is 0 Å². The fourth-order valence-electron chi connectivity index (χ4n) is 1.87. The predicted octanol–water partition coefficient (Wildman–Crippen LogP) is 1.31. The Morgan fingerprint density at radius 2 is 1.94 bits per heavy atom. The second-order valence-corrected chi connectivity index (χ2v) is 5.45. The zero-order chi connectivity index (χ0) is 12.1. The lowest BCUT2D eigenvalue weighted by Gasteiger charge is -2.26. The molecule has 4 nitrogen and oxygen atoms in total. The number of hydrogen-bond donors (Lipinski definition) is 3. The van der Waals surface area contributed by atoms with E-state index >= 15 is 0 Å². The number of nitrogens with two attached hydrogens (primary N) is 2. The van der Waals surface area contributed by atoms with Gasteiger partial charge >= 0.3 is 0 Å². The van der Waals surface area contributed by atoms with Crippen molar-refractivity contribution in [3.63, 3.8) is 0 Å². The van der Waals surface area contributed by atoms with Crippen molar-refractivity contribution in [2.24, 2.45) is 0 Å². The Balaban J connectivity index is 1.75. The van der Waals surface area contributed by atoms with Gasteiger partial charge in [0.2, 0.25) is 0 Å². The molecule has 0 radical (unpaired) electrons. The number of nitrogens with zero attached hydrogens (tertiary/aromatic N) is 1. The lowest BCUT2D eigenvalue weighted by molar-refractivity contribution is 0.314. The summed E-state index contributed by atoms with van der Waals surface area (Å²) >= 11 is 2.04. The van der Waals surface area contributed by atoms with Crippen molar-refractivity contribution in [2.45, 2.75) is 0 Å². The van der Waals surface area contributed by atoms with Crippen LogP contribution < -0.4 is 16.8 Å². The van der Waals surface area contributed by atoms with E-state index in [4.69, 9.17) is 11.5 Å². The van der Waals surface area contributed by atoms with Crippen LogP contribution in [-0.4, -0.2) is 42.6 Å². The highest BCUT2D eigenvalue weighted by Crippen LogP contribution is 2.19. The van der Waals surface area contributed by atoms with Crippen LogP contribution in [-0.2, 0) is 0 Å². The maximum absolute atomic E-state index is 5.76. The van der Waals surface area contributed by atoms with Gasteiger partial charge in [0, 0.05) is 43.4 Å². The molecule has 0 unspecified atom stereocenters. The molecule has 5 heteroatoms. The maximum atomic E-state index is 5.76. The summed E-state index contributed by atoms with van der Waals surface area (Å²) in [4.78, 5) is 2.49. The Bertz CT molecular complexity index is 364. The quantitative estimate of drug-likeness (QED) is 0.705. The van der Waals surface area contributed by atoms with Crippen LogP contribution in [0, 0.1) is 0 Å². The Kier molecular flexibility index (Phi) is 4.39. The van der Waals surface area contributed by atoms with Crippen molar-refractivity contribution in [3.8, 4) is 0 Å². The average molecular weight is 252 g/mol. The Morgan fingerprint density at radius 1 is 1.18 bits per heavy atom. The minimum atomic E-state index is 0.642. The molecule has 1 aliphatic heterocycles. The molecule has 17 heavy (non-hydrogen) atoms. The van der Waals surface area contributed by atoms with Gasteiger partial charge in [-0.2, -0.15) is 11.8 Å². The first-order valence-electron chi connectivity index (χ1n) is 5.94. The SMILES string of the molecule is Nc1ccc(NCCN2CCSCC2)cc1N. The molecule has 94 valence electrons. The minimum absolute atomic E-state index is 0.642. The molecule has 5 N–H and O–H groups in total. The van der Waals surface area contributed by atoms with Gasteiger partial charge in [0.25, 0.3) is 0 Å². The van der Waals surface area contributed by atoms with E-state index in [1.165, 1.54) is 24.6 Å². The van der Waals surface area contributed by atoms with Gasteiger partial charge in [0.15, 0.2) is 0 Å². The fraction of sp³-hybridized carbons (Fsp3) is 0.500. The van der Waals surface area contributed by atoms with Gasteiger partial charge in [-0.1, -0.05) is 0 Å². The number of hydrogen-bond acceptors (Lipinski definition) is 5. The van der Waals surface area contributed by atoms with Crippen molar-refractivity contribution in [1.82, 2.24) is 4.90 Å². The van der Waals surface area contributed by atoms with E-state index in [0.29, 0.717) is 11.4 Å². The van der Waals surface area contributed by atoms with Crippen LogP contribution >= 0.6 is 11.8 Å². The summed E-state index contributed by atoms with van der Waals surface area (Å²) in [5.74, 6) is 2.52. The molecule has 2 rings (SSSR count). The van der Waals surface area contributed by atoms with Gasteiger partial charge in [-0.3, -0.25) is 4.90 Å². The molecular weight excluding hydrogens is 232 g/mol. The number of anilines is 3. The third kappa shape index (κ3) is 3.71. The molecule has 0 saturated carbocycles. The first-order chi connectivity index (χ1) is 8.25. The van der Waals surface area contributed by atoms with E-state index in [2.05, 4.69) is 10.2 Å². The average Bonchev–Trinajstić information content (AvgIpc) is 2.35. The molecule has 1 aliphatic rings. The highest BCUT2D eigenvalue weighted by atomic mass is 32.2. The van der Waals surface area contributed by atoms with E-state index in [1.807, 2.05) is 30.0 Å². The van der Waals surface area contributed by atoms with E-state index < -0.39 is 0 Å². The summed E-state index contributed by atoms with van der Waals surface area (Å²) in [5.41, 5.74) is 13.8. The summed E-state index contributed by atoms with van der Waals surface area (Å²) in [7, 11) is 0. The minimum Gasteiger partial charge on any atom is -0.397 e. The van der Waals surface area contributed by atoms with Crippen LogP contribution in [0.1, 0.15) is 0 Å². The standard InChI is InChI=1S/C12H20N4S/c13-11-2-1-10(9-12(11)14)15-3-4-16-5-7-17-8-6-16/h1-2,9,15H,3-8,13-14H2. The summed E-state index contributed by atoms with van der Waals surface area (Å²) in [5, 5.41) is 3.38. The van der Waals surface area contributed by atoms with Crippen LogP contribution in [0.15, 0.2) is 18.2 Å². The Morgan fingerprint density at radius 3 is 2.65 bits per heavy atom. The zero-order valence-corrected chi connectivity index (χ0v) is 10.8. The molecule has 1 aromatic carbocycles. The highest BCUT2D eigenvalue weighted by Gasteiger charge is 2.09. The van der Waals surface area contributed by atoms with E-state index in [1.54, 1.807) is 0 Å². The summed E-state index contributed by atoms with van der Waals surface area (Å²) in [6, 6.07) is 5.70. The smallest absolute Gasteiger partial charge is 0.0568 e. The van der Waals surface area contributed by atoms with Crippen LogP contribution in [0.5, 0.6) is 0 Å². The second kappa shape index (κ2) is 6.02. The van der Waals surface area contributed by atoms with E-state index in [9.17, 15) is 0 Å². The predicted molar refractivity (Wildman–Crippen MR) is 77.5 cm³/mol. The molecule has 0 amide bonds. The molecule has 1 aromatic rings. The van der Waals surface area contributed by atoms with Crippen LogP contribution in [0.25, 0.3) is 0 Å². The monoisotopic (exact) mass is 252 g/mol. The van der Waals surface area contributed by atoms with Crippen molar-refractivity contribution >= 4 is 28.8 Å². The molecule has 0 spiro atoms. The molecule has 1 fully saturated rings. The van der Waals surface area contributed by atoms with Crippen LogP contribution in [0.4, 0.5) is 17.1 Å². The fourth-order valence-corrected chi connectivity index (χ4v) is 2.85. The van der Waals surface area contributed by atoms with Crippen molar-refractivity contribution in [2.75, 3.05) is 54.5 Å². The summed E-state index contributed by atoms with van der Waals surface area (Å²) in [6.07, 6.45) is 0. The Labute approximate surface area is 107 Å². The normalized spacial score (nSPS) is 16.9. The van der Waals surface area contributed by atoms with Gasteiger partial charge in [-0.15, -0.1) is 0 Å². The van der Waals surface area contributed by atoms with Crippen molar-refractivity contribution in [3.05, 3.63) is 18.2 Å². The van der Waals surface area contributed by atoms with Gasteiger partial charge < -0.3 is 16.8 Å². The zero-order valence-electron chi connectivity index (χ0n) is 9.98. The number of nitrogen functional groups attached to an aromatic ring is 2. The number of thioether (sulfide) groups is 1. The number of rotatable bonds is 4. The van der Waals surface area contributed by atoms with E-state index in [-0.39, 0.29) is 0 Å². The lowest BCUT2D eigenvalue weighted by Crippen LogP contribution is -2.36. The largest absolute Gasteiger partial charge is 0.397 e. The van der Waals surface area contributed by atoms with Crippen molar-refractivity contribution < 1.29 is 0 Å². The number of benzene rings is 1. The molecule has 0 aliphatic carbocycles. The summed E-state index contributed by atoms with van der Waals surface area (Å²) < 4.78 is 0. The van der Waals surface area contributed by atoms with Gasteiger partial charge in [-0.05, 0) is 18.2 Å².